The number of carbonyl (C=O) groups excluding carboxylic acids is 1. The highest BCUT2D eigenvalue weighted by Gasteiger charge is 2.19. The zero-order chi connectivity index (χ0) is 15.1. The number of hydrogen-bond acceptors (Lipinski definition) is 2. The summed E-state index contributed by atoms with van der Waals surface area (Å²) in [5, 5.41) is 2.68. The van der Waals surface area contributed by atoms with E-state index < -0.39 is 17.6 Å². The average molecular weight is 300 g/mol. The number of benzene rings is 1. The molecule has 3 nitrogen and oxygen atoms in total. The van der Waals surface area contributed by atoms with Crippen molar-refractivity contribution in [3.63, 3.8) is 0 Å². The molecule has 0 aromatic heterocycles. The van der Waals surface area contributed by atoms with Crippen LogP contribution in [-0.4, -0.2) is 17.4 Å². The largest absolute Gasteiger partial charge is 0.393 e. The Balaban J connectivity index is 2.50. The molecule has 1 unspecified atom stereocenters. The summed E-state index contributed by atoms with van der Waals surface area (Å²) in [4.78, 5) is 12.0. The number of hydrogen-bond donors (Lipinski definition) is 2. The van der Waals surface area contributed by atoms with Gasteiger partial charge in [0.2, 0.25) is 5.91 Å². The monoisotopic (exact) mass is 300 g/mol. The molecular formula is C14H18F2N2OS. The SMILES string of the molecule is CCCC(C(=O)NCCc1cc(F)cc(F)c1)C(N)=S. The lowest BCUT2D eigenvalue weighted by atomic mass is 10.0. The number of nitrogens with one attached hydrogen (secondary N) is 1. The van der Waals surface area contributed by atoms with Gasteiger partial charge in [0.15, 0.2) is 0 Å². The minimum Gasteiger partial charge on any atom is -0.393 e. The number of halogens is 2. The van der Waals surface area contributed by atoms with Crippen molar-refractivity contribution in [2.24, 2.45) is 11.7 Å². The van der Waals surface area contributed by atoms with Crippen LogP contribution in [0.5, 0.6) is 0 Å². The summed E-state index contributed by atoms with van der Waals surface area (Å²) in [6.45, 7) is 2.22. The van der Waals surface area contributed by atoms with Gasteiger partial charge in [0.05, 0.1) is 10.9 Å². The molecule has 0 aliphatic carbocycles. The number of nitrogens with two attached hydrogens (primary N) is 1. The molecule has 1 amide bonds. The Morgan fingerprint density at radius 1 is 1.35 bits per heavy atom. The fourth-order valence-electron chi connectivity index (χ4n) is 1.90. The van der Waals surface area contributed by atoms with Crippen LogP contribution < -0.4 is 11.1 Å². The maximum Gasteiger partial charge on any atom is 0.229 e. The Morgan fingerprint density at radius 3 is 2.45 bits per heavy atom. The number of rotatable bonds is 7. The molecule has 0 fully saturated rings. The Kier molecular flexibility index (Phi) is 6.51. The summed E-state index contributed by atoms with van der Waals surface area (Å²) in [6.07, 6.45) is 1.73. The van der Waals surface area contributed by atoms with E-state index in [9.17, 15) is 13.6 Å². The first kappa shape index (κ1) is 16.5. The highest BCUT2D eigenvalue weighted by atomic mass is 32.1. The highest BCUT2D eigenvalue weighted by molar-refractivity contribution is 7.80. The van der Waals surface area contributed by atoms with Crippen LogP contribution in [0.1, 0.15) is 25.3 Å². The molecule has 1 atom stereocenters. The molecule has 1 aromatic carbocycles. The van der Waals surface area contributed by atoms with E-state index in [-0.39, 0.29) is 17.4 Å². The lowest BCUT2D eigenvalue weighted by Crippen LogP contribution is -2.38. The summed E-state index contributed by atoms with van der Waals surface area (Å²) in [6, 6.07) is 3.30. The average Bonchev–Trinajstić information content (AvgIpc) is 2.34. The molecule has 6 heteroatoms. The first-order chi connectivity index (χ1) is 9.43. The zero-order valence-electron chi connectivity index (χ0n) is 11.3. The molecule has 0 saturated carbocycles. The predicted octanol–water partition coefficient (Wildman–Crippen LogP) is 2.33. The minimum absolute atomic E-state index is 0.168. The fraction of sp³-hybridized carbons (Fsp3) is 0.429. The molecule has 3 N–H and O–H groups in total. The third-order valence-corrected chi connectivity index (χ3v) is 3.16. The van der Waals surface area contributed by atoms with Gasteiger partial charge in [-0.2, -0.15) is 0 Å². The second-order valence-corrected chi connectivity index (χ2v) is 5.03. The molecule has 0 saturated heterocycles. The highest BCUT2D eigenvalue weighted by Crippen LogP contribution is 2.09. The Morgan fingerprint density at radius 2 is 1.95 bits per heavy atom. The van der Waals surface area contributed by atoms with Gasteiger partial charge in [-0.25, -0.2) is 8.78 Å². The van der Waals surface area contributed by atoms with Crippen LogP contribution >= 0.6 is 12.2 Å². The van der Waals surface area contributed by atoms with Crippen LogP contribution in [0.15, 0.2) is 18.2 Å². The van der Waals surface area contributed by atoms with Gasteiger partial charge in [-0.3, -0.25) is 4.79 Å². The molecule has 0 aliphatic heterocycles. The van der Waals surface area contributed by atoms with Crippen molar-refractivity contribution in [1.29, 1.82) is 0 Å². The normalized spacial score (nSPS) is 11.9. The van der Waals surface area contributed by atoms with E-state index in [2.05, 4.69) is 5.32 Å². The van der Waals surface area contributed by atoms with Gasteiger partial charge in [-0.15, -0.1) is 0 Å². The van der Waals surface area contributed by atoms with Gasteiger partial charge in [-0.05, 0) is 30.5 Å². The predicted molar refractivity (Wildman–Crippen MR) is 78.3 cm³/mol. The summed E-state index contributed by atoms with van der Waals surface area (Å²) >= 11 is 4.85. The summed E-state index contributed by atoms with van der Waals surface area (Å²) < 4.78 is 26.0. The van der Waals surface area contributed by atoms with Gasteiger partial charge < -0.3 is 11.1 Å². The lowest BCUT2D eigenvalue weighted by molar-refractivity contribution is -0.123. The third kappa shape index (κ3) is 5.21. The standard InChI is InChI=1S/C14H18F2N2OS/c1-2-3-12(13(17)20)14(19)18-5-4-9-6-10(15)8-11(16)7-9/h6-8,12H,2-5H2,1H3,(H2,17,20)(H,18,19). The lowest BCUT2D eigenvalue weighted by Gasteiger charge is -2.14. The number of amides is 1. The molecule has 20 heavy (non-hydrogen) atoms. The molecule has 0 radical (unpaired) electrons. The number of thiocarbonyl (C=S) groups is 1. The second-order valence-electron chi connectivity index (χ2n) is 4.56. The fourth-order valence-corrected chi connectivity index (χ4v) is 2.12. The van der Waals surface area contributed by atoms with Crippen LogP contribution in [0.25, 0.3) is 0 Å². The van der Waals surface area contributed by atoms with Crippen molar-refractivity contribution in [3.8, 4) is 0 Å². The Labute approximate surface area is 122 Å². The summed E-state index contributed by atoms with van der Waals surface area (Å²) in [7, 11) is 0. The molecular weight excluding hydrogens is 282 g/mol. The van der Waals surface area contributed by atoms with Crippen molar-refractivity contribution < 1.29 is 13.6 Å². The number of carbonyl (C=O) groups is 1. The summed E-state index contributed by atoms with van der Waals surface area (Å²) in [5.41, 5.74) is 6.01. The Bertz CT molecular complexity index is 474. The van der Waals surface area contributed by atoms with Crippen molar-refractivity contribution >= 4 is 23.1 Å². The van der Waals surface area contributed by atoms with Crippen LogP contribution in [0.3, 0.4) is 0 Å². The third-order valence-electron chi connectivity index (χ3n) is 2.87. The molecule has 1 aromatic rings. The quantitative estimate of drug-likeness (QED) is 0.760. The van der Waals surface area contributed by atoms with Crippen LogP contribution in [0.4, 0.5) is 8.78 Å². The van der Waals surface area contributed by atoms with Gasteiger partial charge in [0, 0.05) is 12.6 Å². The first-order valence-electron chi connectivity index (χ1n) is 6.46. The molecule has 0 spiro atoms. The van der Waals surface area contributed by atoms with E-state index in [4.69, 9.17) is 18.0 Å². The maximum atomic E-state index is 13.0. The van der Waals surface area contributed by atoms with Gasteiger partial charge in [0.1, 0.15) is 11.6 Å². The maximum absolute atomic E-state index is 13.0. The summed E-state index contributed by atoms with van der Waals surface area (Å²) in [5.74, 6) is -1.98. The topological polar surface area (TPSA) is 55.1 Å². The minimum atomic E-state index is -0.627. The van der Waals surface area contributed by atoms with Crippen molar-refractivity contribution in [1.82, 2.24) is 5.32 Å². The van der Waals surface area contributed by atoms with Gasteiger partial charge >= 0.3 is 0 Å². The van der Waals surface area contributed by atoms with E-state index in [0.717, 1.165) is 12.5 Å². The van der Waals surface area contributed by atoms with E-state index in [1.54, 1.807) is 0 Å². The molecule has 110 valence electrons. The van der Waals surface area contributed by atoms with Crippen LogP contribution in [0, 0.1) is 17.6 Å². The van der Waals surface area contributed by atoms with Crippen LogP contribution in [0.2, 0.25) is 0 Å². The van der Waals surface area contributed by atoms with Crippen molar-refractivity contribution in [2.75, 3.05) is 6.54 Å². The first-order valence-corrected chi connectivity index (χ1v) is 6.86. The van der Waals surface area contributed by atoms with E-state index in [0.29, 0.717) is 18.4 Å². The van der Waals surface area contributed by atoms with E-state index in [1.807, 2.05) is 6.92 Å². The van der Waals surface area contributed by atoms with E-state index >= 15 is 0 Å². The molecule has 1 rings (SSSR count). The molecule has 0 heterocycles. The molecule has 0 aliphatic rings. The van der Waals surface area contributed by atoms with Crippen LogP contribution in [-0.2, 0) is 11.2 Å². The van der Waals surface area contributed by atoms with E-state index in [1.165, 1.54) is 12.1 Å². The Hall–Kier alpha value is -1.56. The van der Waals surface area contributed by atoms with Gasteiger partial charge in [0.25, 0.3) is 0 Å². The zero-order valence-corrected chi connectivity index (χ0v) is 12.1. The molecule has 0 bridgehead atoms. The van der Waals surface area contributed by atoms with Crippen molar-refractivity contribution in [2.45, 2.75) is 26.2 Å². The van der Waals surface area contributed by atoms with Gasteiger partial charge in [-0.1, -0.05) is 25.6 Å². The second kappa shape index (κ2) is 7.89. The smallest absolute Gasteiger partial charge is 0.229 e. The van der Waals surface area contributed by atoms with Crippen molar-refractivity contribution in [3.05, 3.63) is 35.4 Å².